The number of benzene rings is 1. The summed E-state index contributed by atoms with van der Waals surface area (Å²) in [6, 6.07) is -1.79. The number of aromatic nitrogens is 1. The lowest BCUT2D eigenvalue weighted by Gasteiger charge is -2.38. The van der Waals surface area contributed by atoms with E-state index >= 15 is 0 Å². The number of hydrogen-bond acceptors (Lipinski definition) is 8. The SMILES string of the molecule is CCC(C)C(NC(=O)[C@H]1CCCCN1C)C(=O)N(C)C(CC(OC(C)=O)c1nc(C(=O)c2c(F)c(F)c(F)c(F)c2F)cs1)C(C)C. The topological polar surface area (TPSA) is 109 Å². The maximum absolute atomic E-state index is 14.4. The molecule has 260 valence electrons. The molecule has 1 aliphatic rings. The summed E-state index contributed by atoms with van der Waals surface area (Å²) in [5, 5.41) is 4.03. The Kier molecular flexibility index (Phi) is 13.0. The van der Waals surface area contributed by atoms with Crippen molar-refractivity contribution in [1.82, 2.24) is 20.1 Å². The minimum Gasteiger partial charge on any atom is -0.455 e. The second-order valence-electron chi connectivity index (χ2n) is 12.3. The number of likely N-dealkylation sites (N-methyl/N-ethyl adjacent to an activating group) is 2. The first-order valence-electron chi connectivity index (χ1n) is 15.5. The van der Waals surface area contributed by atoms with E-state index in [9.17, 15) is 41.1 Å². The van der Waals surface area contributed by atoms with Crippen molar-refractivity contribution in [2.45, 2.75) is 91.0 Å². The predicted molar refractivity (Wildman–Crippen MR) is 164 cm³/mol. The minimum atomic E-state index is -2.40. The predicted octanol–water partition coefficient (Wildman–Crippen LogP) is 5.56. The number of hydrogen-bond donors (Lipinski definition) is 1. The molecule has 1 aromatic carbocycles. The molecule has 3 rings (SSSR count). The Morgan fingerprint density at radius 2 is 1.64 bits per heavy atom. The van der Waals surface area contributed by atoms with E-state index in [2.05, 4.69) is 10.3 Å². The van der Waals surface area contributed by atoms with E-state index in [1.807, 2.05) is 39.6 Å². The monoisotopic (exact) mass is 688 g/mol. The summed E-state index contributed by atoms with van der Waals surface area (Å²) >= 11 is 0.778. The van der Waals surface area contributed by atoms with Crippen LogP contribution in [0.4, 0.5) is 22.0 Å². The molecule has 0 spiro atoms. The van der Waals surface area contributed by atoms with Gasteiger partial charge in [-0.3, -0.25) is 24.1 Å². The number of halogens is 5. The van der Waals surface area contributed by atoms with Gasteiger partial charge < -0.3 is 15.0 Å². The zero-order chi connectivity index (χ0) is 35.3. The van der Waals surface area contributed by atoms with Crippen LogP contribution in [-0.2, 0) is 19.1 Å². The largest absolute Gasteiger partial charge is 0.455 e. The molecule has 1 aromatic heterocycles. The third-order valence-corrected chi connectivity index (χ3v) is 9.63. The molecule has 1 aliphatic heterocycles. The standard InChI is InChI=1S/C32H41F5N4O5S/c1-8-16(4)28(39-30(44)19-11-9-10-12-40(19)6)32(45)41(7)20(15(2)3)13-21(46-17(5)42)31-38-18(14-47-31)29(43)22-23(33)25(35)27(37)26(36)24(22)34/h14-16,19-21,28H,8-13H2,1-7H3,(H,39,44)/t16?,19-,20?,21?,28?/m1/s1. The van der Waals surface area contributed by atoms with E-state index in [0.717, 1.165) is 43.0 Å². The maximum Gasteiger partial charge on any atom is 0.303 e. The summed E-state index contributed by atoms with van der Waals surface area (Å²) in [7, 11) is 3.45. The minimum absolute atomic E-state index is 0.00559. The highest BCUT2D eigenvalue weighted by atomic mass is 32.1. The molecular formula is C32H41F5N4O5S. The van der Waals surface area contributed by atoms with Crippen LogP contribution in [0.2, 0.25) is 0 Å². The number of nitrogens with one attached hydrogen (secondary N) is 1. The molecular weight excluding hydrogens is 647 g/mol. The Morgan fingerprint density at radius 3 is 2.17 bits per heavy atom. The van der Waals surface area contributed by atoms with Crippen molar-refractivity contribution in [3.63, 3.8) is 0 Å². The van der Waals surface area contributed by atoms with Crippen LogP contribution < -0.4 is 5.32 Å². The molecule has 9 nitrogen and oxygen atoms in total. The van der Waals surface area contributed by atoms with Gasteiger partial charge in [-0.25, -0.2) is 26.9 Å². The van der Waals surface area contributed by atoms with Crippen LogP contribution in [0.5, 0.6) is 0 Å². The number of ketones is 1. The van der Waals surface area contributed by atoms with E-state index in [-0.39, 0.29) is 41.1 Å². The Labute approximate surface area is 274 Å². The number of carbonyl (C=O) groups is 4. The molecule has 0 aliphatic carbocycles. The molecule has 47 heavy (non-hydrogen) atoms. The van der Waals surface area contributed by atoms with Gasteiger partial charge in [0.2, 0.25) is 23.4 Å². The zero-order valence-corrected chi connectivity index (χ0v) is 28.3. The van der Waals surface area contributed by atoms with Crippen LogP contribution in [-0.4, -0.2) is 77.1 Å². The fourth-order valence-corrected chi connectivity index (χ4v) is 6.53. The third kappa shape index (κ3) is 8.53. The summed E-state index contributed by atoms with van der Waals surface area (Å²) < 4.78 is 75.3. The third-order valence-electron chi connectivity index (χ3n) is 8.70. The van der Waals surface area contributed by atoms with E-state index in [0.29, 0.717) is 12.8 Å². The lowest BCUT2D eigenvalue weighted by molar-refractivity contribution is -0.149. The van der Waals surface area contributed by atoms with Gasteiger partial charge in [0, 0.05) is 31.8 Å². The van der Waals surface area contributed by atoms with Crippen LogP contribution in [0.15, 0.2) is 5.38 Å². The molecule has 0 bridgehead atoms. The molecule has 2 amide bonds. The Bertz CT molecular complexity index is 1460. The van der Waals surface area contributed by atoms with Gasteiger partial charge in [-0.1, -0.05) is 40.5 Å². The van der Waals surface area contributed by atoms with E-state index < -0.39 is 70.3 Å². The molecule has 15 heteroatoms. The average Bonchev–Trinajstić information content (AvgIpc) is 3.53. The first kappa shape index (κ1) is 38.0. The number of rotatable bonds is 13. The van der Waals surface area contributed by atoms with Gasteiger partial charge in [0.05, 0.1) is 6.04 Å². The van der Waals surface area contributed by atoms with Gasteiger partial charge in [0.25, 0.3) is 0 Å². The molecule has 0 saturated carbocycles. The summed E-state index contributed by atoms with van der Waals surface area (Å²) in [4.78, 5) is 59.8. The Morgan fingerprint density at radius 1 is 1.04 bits per heavy atom. The van der Waals surface area contributed by atoms with Crippen molar-refractivity contribution in [1.29, 1.82) is 0 Å². The van der Waals surface area contributed by atoms with Crippen molar-refractivity contribution in [2.24, 2.45) is 11.8 Å². The molecule has 0 radical (unpaired) electrons. The van der Waals surface area contributed by atoms with Gasteiger partial charge >= 0.3 is 5.97 Å². The molecule has 5 atom stereocenters. The van der Waals surface area contributed by atoms with Crippen LogP contribution in [0, 0.1) is 40.9 Å². The van der Waals surface area contributed by atoms with Gasteiger partial charge in [-0.15, -0.1) is 11.3 Å². The van der Waals surface area contributed by atoms with Crippen LogP contribution in [0.25, 0.3) is 0 Å². The lowest BCUT2D eigenvalue weighted by Crippen LogP contribution is -2.58. The van der Waals surface area contributed by atoms with Crippen molar-refractivity contribution in [3.8, 4) is 0 Å². The van der Waals surface area contributed by atoms with Crippen molar-refractivity contribution in [3.05, 3.63) is 50.7 Å². The van der Waals surface area contributed by atoms with Gasteiger partial charge in [-0.05, 0) is 38.3 Å². The molecule has 2 aromatic rings. The normalized spacial score (nSPS) is 17.9. The highest BCUT2D eigenvalue weighted by Gasteiger charge is 2.38. The van der Waals surface area contributed by atoms with Crippen LogP contribution >= 0.6 is 11.3 Å². The van der Waals surface area contributed by atoms with Gasteiger partial charge in [0.1, 0.15) is 22.3 Å². The first-order chi connectivity index (χ1) is 22.0. The number of carbonyl (C=O) groups excluding carboxylic acids is 4. The Hall–Kier alpha value is -3.46. The van der Waals surface area contributed by atoms with E-state index in [4.69, 9.17) is 4.74 Å². The average molecular weight is 689 g/mol. The van der Waals surface area contributed by atoms with Crippen LogP contribution in [0.1, 0.15) is 93.9 Å². The number of likely N-dealkylation sites (tertiary alicyclic amines) is 1. The molecule has 1 fully saturated rings. The lowest BCUT2D eigenvalue weighted by atomic mass is 9.92. The van der Waals surface area contributed by atoms with Crippen molar-refractivity contribution >= 4 is 34.9 Å². The highest BCUT2D eigenvalue weighted by molar-refractivity contribution is 7.09. The number of esters is 1. The number of piperidine rings is 1. The summed E-state index contributed by atoms with van der Waals surface area (Å²) in [5.74, 6) is -14.8. The maximum atomic E-state index is 14.4. The molecule has 1 saturated heterocycles. The van der Waals surface area contributed by atoms with Gasteiger partial charge in [-0.2, -0.15) is 0 Å². The highest BCUT2D eigenvalue weighted by Crippen LogP contribution is 2.32. The van der Waals surface area contributed by atoms with Crippen molar-refractivity contribution in [2.75, 3.05) is 20.6 Å². The molecule has 4 unspecified atom stereocenters. The van der Waals surface area contributed by atoms with Crippen molar-refractivity contribution < 1.29 is 45.9 Å². The summed E-state index contributed by atoms with van der Waals surface area (Å²) in [6.45, 7) is 9.37. The second-order valence-corrected chi connectivity index (χ2v) is 13.2. The number of nitrogens with zero attached hydrogens (tertiary/aromatic N) is 3. The smallest absolute Gasteiger partial charge is 0.303 e. The quantitative estimate of drug-likeness (QED) is 0.0965. The van der Waals surface area contributed by atoms with Crippen LogP contribution in [0.3, 0.4) is 0 Å². The number of amides is 2. The summed E-state index contributed by atoms with van der Waals surface area (Å²) in [5.41, 5.74) is -2.28. The van der Waals surface area contributed by atoms with E-state index in [1.165, 1.54) is 4.90 Å². The molecule has 1 N–H and O–H groups in total. The zero-order valence-electron chi connectivity index (χ0n) is 27.5. The van der Waals surface area contributed by atoms with Gasteiger partial charge in [0.15, 0.2) is 29.4 Å². The number of ether oxygens (including phenoxy) is 1. The first-order valence-corrected chi connectivity index (χ1v) is 16.4. The fourth-order valence-electron chi connectivity index (χ4n) is 5.69. The fraction of sp³-hybridized carbons (Fsp3) is 0.594. The van der Waals surface area contributed by atoms with E-state index in [1.54, 1.807) is 7.05 Å². The summed E-state index contributed by atoms with van der Waals surface area (Å²) in [6.07, 6.45) is 2.01. The number of thiazole rings is 1. The Balaban J connectivity index is 1.90. The second kappa shape index (κ2) is 16.1. The molecule has 2 heterocycles.